The molecule has 2 atom stereocenters. The molecule has 1 N–H and O–H groups in total. The van der Waals surface area contributed by atoms with E-state index in [1.807, 2.05) is 0 Å². The monoisotopic (exact) mass is 272 g/mol. The number of benzene rings is 1. The lowest BCUT2D eigenvalue weighted by Crippen LogP contribution is -2.41. The number of piperidine rings is 1. The Morgan fingerprint density at radius 1 is 1.35 bits per heavy atom. The fourth-order valence-electron chi connectivity index (χ4n) is 3.52. The molecule has 20 heavy (non-hydrogen) atoms. The summed E-state index contributed by atoms with van der Waals surface area (Å²) in [6, 6.07) is 6.90. The summed E-state index contributed by atoms with van der Waals surface area (Å²) in [6.07, 6.45) is 3.07. The Kier molecular flexibility index (Phi) is 3.79. The van der Waals surface area contributed by atoms with E-state index in [1.165, 1.54) is 29.5 Å². The van der Waals surface area contributed by atoms with Gasteiger partial charge < -0.3 is 10.2 Å². The van der Waals surface area contributed by atoms with Gasteiger partial charge in [-0.2, -0.15) is 0 Å². The van der Waals surface area contributed by atoms with Crippen LogP contribution in [0.15, 0.2) is 18.2 Å². The Labute approximate surface area is 121 Å². The van der Waals surface area contributed by atoms with Crippen molar-refractivity contribution in [3.63, 3.8) is 0 Å². The van der Waals surface area contributed by atoms with Gasteiger partial charge in [0.2, 0.25) is 5.91 Å². The average molecular weight is 272 g/mol. The van der Waals surface area contributed by atoms with Crippen molar-refractivity contribution in [2.75, 3.05) is 19.6 Å². The van der Waals surface area contributed by atoms with Crippen molar-refractivity contribution in [2.45, 2.75) is 39.2 Å². The van der Waals surface area contributed by atoms with Crippen LogP contribution in [0.2, 0.25) is 0 Å². The van der Waals surface area contributed by atoms with Gasteiger partial charge in [-0.1, -0.05) is 23.8 Å². The van der Waals surface area contributed by atoms with Gasteiger partial charge in [-0.3, -0.25) is 4.79 Å². The number of fused-ring (bicyclic) bond motifs is 1. The van der Waals surface area contributed by atoms with Gasteiger partial charge >= 0.3 is 0 Å². The maximum absolute atomic E-state index is 12.5. The van der Waals surface area contributed by atoms with E-state index in [1.54, 1.807) is 0 Å². The Balaban J connectivity index is 1.66. The first-order valence-corrected chi connectivity index (χ1v) is 7.71. The predicted octanol–water partition coefficient (Wildman–Crippen LogP) is 2.06. The Bertz CT molecular complexity index is 498. The molecule has 3 heteroatoms. The van der Waals surface area contributed by atoms with E-state index in [-0.39, 0.29) is 5.91 Å². The number of carbonyl (C=O) groups is 1. The summed E-state index contributed by atoms with van der Waals surface area (Å²) in [5.74, 6) is 0.959. The zero-order valence-electron chi connectivity index (χ0n) is 12.5. The van der Waals surface area contributed by atoms with E-state index in [0.29, 0.717) is 18.4 Å². The molecular formula is C17H24N2O. The molecule has 2 fully saturated rings. The smallest absolute Gasteiger partial charge is 0.227 e. The summed E-state index contributed by atoms with van der Waals surface area (Å²) in [5, 5.41) is 3.56. The van der Waals surface area contributed by atoms with E-state index in [9.17, 15) is 4.79 Å². The van der Waals surface area contributed by atoms with E-state index < -0.39 is 0 Å². The van der Waals surface area contributed by atoms with Crippen LogP contribution in [-0.2, 0) is 11.2 Å². The van der Waals surface area contributed by atoms with E-state index in [4.69, 9.17) is 0 Å². The highest BCUT2D eigenvalue weighted by molar-refractivity contribution is 5.79. The average Bonchev–Trinajstić information content (AvgIpc) is 2.87. The van der Waals surface area contributed by atoms with Crippen LogP contribution < -0.4 is 5.32 Å². The molecule has 1 amide bonds. The first-order valence-electron chi connectivity index (χ1n) is 7.71. The van der Waals surface area contributed by atoms with E-state index >= 15 is 0 Å². The van der Waals surface area contributed by atoms with E-state index in [0.717, 1.165) is 19.6 Å². The highest BCUT2D eigenvalue weighted by Gasteiger charge is 2.36. The molecule has 1 aromatic rings. The summed E-state index contributed by atoms with van der Waals surface area (Å²) in [4.78, 5) is 14.6. The summed E-state index contributed by atoms with van der Waals surface area (Å²) in [6.45, 7) is 7.13. The summed E-state index contributed by atoms with van der Waals surface area (Å²) >= 11 is 0. The summed E-state index contributed by atoms with van der Waals surface area (Å²) in [5.41, 5.74) is 3.63. The van der Waals surface area contributed by atoms with Crippen molar-refractivity contribution in [2.24, 2.45) is 5.92 Å². The van der Waals surface area contributed by atoms with Crippen molar-refractivity contribution in [3.05, 3.63) is 34.9 Å². The molecule has 2 saturated heterocycles. The van der Waals surface area contributed by atoms with Crippen LogP contribution in [0, 0.1) is 19.8 Å². The second-order valence-electron chi connectivity index (χ2n) is 6.37. The van der Waals surface area contributed by atoms with Crippen LogP contribution in [-0.4, -0.2) is 36.5 Å². The number of amides is 1. The number of nitrogens with zero attached hydrogens (tertiary/aromatic N) is 1. The predicted molar refractivity (Wildman–Crippen MR) is 80.7 cm³/mol. The van der Waals surface area contributed by atoms with E-state index in [2.05, 4.69) is 42.3 Å². The number of hydrogen-bond donors (Lipinski definition) is 1. The molecule has 0 radical (unpaired) electrons. The van der Waals surface area contributed by atoms with Crippen LogP contribution in [0.4, 0.5) is 0 Å². The minimum atomic E-state index is 0.287. The quantitative estimate of drug-likeness (QED) is 0.894. The lowest BCUT2D eigenvalue weighted by Gasteiger charge is -2.24. The first kappa shape index (κ1) is 13.6. The topological polar surface area (TPSA) is 32.3 Å². The SMILES string of the molecule is Cc1ccc(C)c(CC(=O)N2C[C@@H]3CCCN[C@@H]3C2)c1. The molecule has 2 aliphatic rings. The van der Waals surface area contributed by atoms with Gasteiger partial charge in [0.25, 0.3) is 0 Å². The summed E-state index contributed by atoms with van der Waals surface area (Å²) in [7, 11) is 0. The molecule has 0 aromatic heterocycles. The Morgan fingerprint density at radius 2 is 2.20 bits per heavy atom. The molecule has 0 spiro atoms. The highest BCUT2D eigenvalue weighted by atomic mass is 16.2. The van der Waals surface area contributed by atoms with Gasteiger partial charge in [0.1, 0.15) is 0 Å². The number of likely N-dealkylation sites (tertiary alicyclic amines) is 1. The van der Waals surface area contributed by atoms with Crippen LogP contribution in [0.3, 0.4) is 0 Å². The van der Waals surface area contributed by atoms with Crippen molar-refractivity contribution in [3.8, 4) is 0 Å². The number of carbonyl (C=O) groups excluding carboxylic acids is 1. The lowest BCUT2D eigenvalue weighted by atomic mass is 9.94. The van der Waals surface area contributed by atoms with Gasteiger partial charge in [0.15, 0.2) is 0 Å². The fraction of sp³-hybridized carbons (Fsp3) is 0.588. The van der Waals surface area contributed by atoms with Crippen LogP contribution >= 0.6 is 0 Å². The minimum absolute atomic E-state index is 0.287. The zero-order valence-corrected chi connectivity index (χ0v) is 12.5. The third-order valence-corrected chi connectivity index (χ3v) is 4.80. The number of aryl methyl sites for hydroxylation is 2. The molecular weight excluding hydrogens is 248 g/mol. The fourth-order valence-corrected chi connectivity index (χ4v) is 3.52. The number of rotatable bonds is 2. The van der Waals surface area contributed by atoms with Gasteiger partial charge in [-0.15, -0.1) is 0 Å². The number of nitrogens with one attached hydrogen (secondary N) is 1. The van der Waals surface area contributed by atoms with Crippen LogP contribution in [0.25, 0.3) is 0 Å². The summed E-state index contributed by atoms with van der Waals surface area (Å²) < 4.78 is 0. The van der Waals surface area contributed by atoms with Crippen molar-refractivity contribution in [1.82, 2.24) is 10.2 Å². The standard InChI is InChI=1S/C17H24N2O/c1-12-5-6-13(2)15(8-12)9-17(20)19-10-14-4-3-7-18-16(14)11-19/h5-6,8,14,16,18H,3-4,7,9-11H2,1-2H3/t14-,16+/m0/s1. The molecule has 0 unspecified atom stereocenters. The molecule has 108 valence electrons. The van der Waals surface area contributed by atoms with Gasteiger partial charge in [0, 0.05) is 19.1 Å². The normalized spacial score (nSPS) is 25.6. The molecule has 0 aliphatic carbocycles. The second-order valence-corrected chi connectivity index (χ2v) is 6.37. The molecule has 0 saturated carbocycles. The number of hydrogen-bond acceptors (Lipinski definition) is 2. The molecule has 3 rings (SSSR count). The van der Waals surface area contributed by atoms with Crippen molar-refractivity contribution in [1.29, 1.82) is 0 Å². The maximum atomic E-state index is 12.5. The zero-order chi connectivity index (χ0) is 14.1. The molecule has 2 aliphatic heterocycles. The van der Waals surface area contributed by atoms with Gasteiger partial charge in [0.05, 0.1) is 6.42 Å². The maximum Gasteiger partial charge on any atom is 0.227 e. The lowest BCUT2D eigenvalue weighted by molar-refractivity contribution is -0.129. The second kappa shape index (κ2) is 5.57. The minimum Gasteiger partial charge on any atom is -0.341 e. The Hall–Kier alpha value is -1.35. The van der Waals surface area contributed by atoms with Crippen molar-refractivity contribution < 1.29 is 4.79 Å². The Morgan fingerprint density at radius 3 is 3.00 bits per heavy atom. The molecule has 0 bridgehead atoms. The molecule has 3 nitrogen and oxygen atoms in total. The van der Waals surface area contributed by atoms with Gasteiger partial charge in [-0.25, -0.2) is 0 Å². The third-order valence-electron chi connectivity index (χ3n) is 4.80. The molecule has 2 heterocycles. The van der Waals surface area contributed by atoms with Crippen LogP contribution in [0.5, 0.6) is 0 Å². The first-order chi connectivity index (χ1) is 9.63. The van der Waals surface area contributed by atoms with Crippen LogP contribution in [0.1, 0.15) is 29.5 Å². The van der Waals surface area contributed by atoms with Crippen molar-refractivity contribution >= 4 is 5.91 Å². The third kappa shape index (κ3) is 2.73. The molecule has 1 aromatic carbocycles. The largest absolute Gasteiger partial charge is 0.341 e. The highest BCUT2D eigenvalue weighted by Crippen LogP contribution is 2.25. The van der Waals surface area contributed by atoms with Gasteiger partial charge in [-0.05, 0) is 50.3 Å².